The normalized spacial score (nSPS) is 11.9. The molecule has 1 atom stereocenters. The number of carbonyl (C=O) groups is 4. The SMILES string of the molecule is CCCCCCCCCCCCCCCC(=O)OCC(COC(=O)CCCCCCCCCCCCCCC)SC[C@H](NC(=O)CCCCCCCCCCC)C(=O)O. The molecular weight excluding hydrogens is 759 g/mol. The predicted molar refractivity (Wildman–Crippen MR) is 250 cm³/mol. The lowest BCUT2D eigenvalue weighted by Gasteiger charge is -2.20. The minimum absolute atomic E-state index is 0.0344. The Kier molecular flexibility index (Phi) is 44.4. The highest BCUT2D eigenvalue weighted by atomic mass is 32.2. The summed E-state index contributed by atoms with van der Waals surface area (Å²) in [4.78, 5) is 50.1. The Morgan fingerprint density at radius 3 is 0.983 bits per heavy atom. The van der Waals surface area contributed by atoms with Crippen LogP contribution in [0, 0.1) is 0 Å². The fourth-order valence-electron chi connectivity index (χ4n) is 7.50. The van der Waals surface area contributed by atoms with Crippen molar-refractivity contribution in [2.24, 2.45) is 0 Å². The summed E-state index contributed by atoms with van der Waals surface area (Å²) in [5.74, 6) is -1.82. The summed E-state index contributed by atoms with van der Waals surface area (Å²) in [6.45, 7) is 6.80. The summed E-state index contributed by atoms with van der Waals surface area (Å²) in [6.07, 6.45) is 43.5. The van der Waals surface area contributed by atoms with Gasteiger partial charge in [-0.25, -0.2) is 4.79 Å². The summed E-state index contributed by atoms with van der Waals surface area (Å²) in [7, 11) is 0. The molecule has 0 aromatic rings. The molecule has 0 spiro atoms. The van der Waals surface area contributed by atoms with Crippen LogP contribution in [0.5, 0.6) is 0 Å². The summed E-state index contributed by atoms with van der Waals surface area (Å²) in [6, 6.07) is -1.07. The highest BCUT2D eigenvalue weighted by molar-refractivity contribution is 8.00. The molecule has 0 aliphatic heterocycles. The van der Waals surface area contributed by atoms with E-state index in [1.165, 1.54) is 179 Å². The molecule has 9 heteroatoms. The number of ether oxygens (including phenoxy) is 2. The number of aliphatic carboxylic acids is 1. The fraction of sp³-hybridized carbons (Fsp3) is 0.920. The summed E-state index contributed by atoms with van der Waals surface area (Å²) < 4.78 is 11.3. The van der Waals surface area contributed by atoms with Gasteiger partial charge in [-0.05, 0) is 19.3 Å². The minimum atomic E-state index is -1.10. The molecule has 0 aliphatic rings. The van der Waals surface area contributed by atoms with Gasteiger partial charge in [0.1, 0.15) is 19.3 Å². The predicted octanol–water partition coefficient (Wildman–Crippen LogP) is 14.6. The number of hydrogen-bond acceptors (Lipinski definition) is 7. The Morgan fingerprint density at radius 1 is 0.424 bits per heavy atom. The second kappa shape index (κ2) is 45.7. The number of carbonyl (C=O) groups excluding carboxylic acids is 3. The summed E-state index contributed by atoms with van der Waals surface area (Å²) in [5.41, 5.74) is 0. The maximum atomic E-state index is 12.7. The lowest BCUT2D eigenvalue weighted by molar-refractivity contribution is -0.146. The molecular formula is C50H95NO7S. The van der Waals surface area contributed by atoms with Gasteiger partial charge in [0, 0.05) is 25.0 Å². The molecule has 0 aromatic heterocycles. The van der Waals surface area contributed by atoms with Crippen LogP contribution in [0.15, 0.2) is 0 Å². The molecule has 0 unspecified atom stereocenters. The minimum Gasteiger partial charge on any atom is -0.480 e. The van der Waals surface area contributed by atoms with Gasteiger partial charge in [0.2, 0.25) is 5.91 Å². The zero-order valence-electron chi connectivity index (χ0n) is 39.0. The average molecular weight is 854 g/mol. The van der Waals surface area contributed by atoms with E-state index in [0.29, 0.717) is 19.3 Å². The molecule has 0 saturated carbocycles. The lowest BCUT2D eigenvalue weighted by atomic mass is 10.0. The monoisotopic (exact) mass is 854 g/mol. The van der Waals surface area contributed by atoms with Crippen LogP contribution in [0.4, 0.5) is 0 Å². The second-order valence-corrected chi connectivity index (χ2v) is 18.7. The molecule has 0 aromatic carbocycles. The highest BCUT2D eigenvalue weighted by Crippen LogP contribution is 2.18. The molecule has 0 rings (SSSR count). The van der Waals surface area contributed by atoms with Gasteiger partial charge in [-0.2, -0.15) is 0 Å². The number of nitrogens with one attached hydrogen (secondary N) is 1. The van der Waals surface area contributed by atoms with Crippen LogP contribution in [0.3, 0.4) is 0 Å². The molecule has 59 heavy (non-hydrogen) atoms. The van der Waals surface area contributed by atoms with E-state index in [2.05, 4.69) is 26.1 Å². The van der Waals surface area contributed by atoms with Crippen molar-refractivity contribution >= 4 is 35.6 Å². The van der Waals surface area contributed by atoms with Gasteiger partial charge in [0.15, 0.2) is 0 Å². The first kappa shape index (κ1) is 57.2. The van der Waals surface area contributed by atoms with Crippen molar-refractivity contribution in [3.05, 3.63) is 0 Å². The molecule has 0 heterocycles. The van der Waals surface area contributed by atoms with E-state index < -0.39 is 17.3 Å². The van der Waals surface area contributed by atoms with Gasteiger partial charge < -0.3 is 19.9 Å². The number of unbranched alkanes of at least 4 members (excludes halogenated alkanes) is 32. The first-order chi connectivity index (χ1) is 28.8. The topological polar surface area (TPSA) is 119 Å². The van der Waals surface area contributed by atoms with Crippen molar-refractivity contribution in [3.63, 3.8) is 0 Å². The molecule has 1 amide bonds. The van der Waals surface area contributed by atoms with Gasteiger partial charge in [0.05, 0.1) is 5.25 Å². The van der Waals surface area contributed by atoms with Crippen LogP contribution >= 0.6 is 11.8 Å². The quantitative estimate of drug-likeness (QED) is 0.0459. The zero-order chi connectivity index (χ0) is 43.3. The lowest BCUT2D eigenvalue weighted by Crippen LogP contribution is -2.43. The number of esters is 2. The van der Waals surface area contributed by atoms with E-state index in [1.54, 1.807) is 0 Å². The van der Waals surface area contributed by atoms with Gasteiger partial charge >= 0.3 is 17.9 Å². The Morgan fingerprint density at radius 2 is 0.695 bits per heavy atom. The second-order valence-electron chi connectivity index (χ2n) is 17.3. The van der Waals surface area contributed by atoms with Crippen LogP contribution in [0.2, 0.25) is 0 Å². The maximum absolute atomic E-state index is 12.7. The van der Waals surface area contributed by atoms with E-state index in [1.807, 2.05) is 0 Å². The van der Waals surface area contributed by atoms with E-state index in [0.717, 1.165) is 57.8 Å². The Bertz CT molecular complexity index is 918. The number of hydrogen-bond donors (Lipinski definition) is 2. The molecule has 0 radical (unpaired) electrons. The van der Waals surface area contributed by atoms with Gasteiger partial charge in [-0.1, -0.05) is 226 Å². The Hall–Kier alpha value is -1.77. The highest BCUT2D eigenvalue weighted by Gasteiger charge is 2.24. The third-order valence-corrected chi connectivity index (χ3v) is 12.7. The van der Waals surface area contributed by atoms with Crippen molar-refractivity contribution in [1.29, 1.82) is 0 Å². The van der Waals surface area contributed by atoms with Gasteiger partial charge in [0.25, 0.3) is 0 Å². The average Bonchev–Trinajstić information content (AvgIpc) is 3.22. The van der Waals surface area contributed by atoms with Crippen LogP contribution in [0.25, 0.3) is 0 Å². The van der Waals surface area contributed by atoms with Crippen molar-refractivity contribution in [2.45, 2.75) is 276 Å². The molecule has 8 nitrogen and oxygen atoms in total. The third kappa shape index (κ3) is 42.7. The van der Waals surface area contributed by atoms with Crippen LogP contribution < -0.4 is 5.32 Å². The Labute approximate surface area is 368 Å². The first-order valence-corrected chi connectivity index (χ1v) is 26.3. The standard InChI is InChI=1S/C50H95NO7S/c1-4-7-10-13-16-19-21-23-25-28-31-34-37-40-48(53)57-42-45(43-58-49(54)41-38-35-32-29-26-24-22-20-17-14-11-8-5-2)59-44-46(50(55)56)51-47(52)39-36-33-30-27-18-15-12-9-6-3/h45-46H,4-44H2,1-3H3,(H,51,52)(H,55,56)/t46-/m0/s1. The van der Waals surface area contributed by atoms with Crippen LogP contribution in [0.1, 0.15) is 265 Å². The number of rotatable bonds is 47. The number of thioether (sulfide) groups is 1. The van der Waals surface area contributed by atoms with Crippen LogP contribution in [-0.4, -0.2) is 59.2 Å². The molecule has 0 saturated heterocycles. The number of carboxylic acids is 1. The van der Waals surface area contributed by atoms with Crippen LogP contribution in [-0.2, 0) is 28.7 Å². The summed E-state index contributed by atoms with van der Waals surface area (Å²) in [5, 5.41) is 12.2. The molecule has 0 aliphatic carbocycles. The van der Waals surface area contributed by atoms with E-state index in [9.17, 15) is 24.3 Å². The number of amides is 1. The van der Waals surface area contributed by atoms with Crippen molar-refractivity contribution in [3.8, 4) is 0 Å². The van der Waals surface area contributed by atoms with E-state index >= 15 is 0 Å². The van der Waals surface area contributed by atoms with E-state index in [4.69, 9.17) is 9.47 Å². The number of carboxylic acid groups (broad SMARTS) is 1. The first-order valence-electron chi connectivity index (χ1n) is 25.3. The molecule has 2 N–H and O–H groups in total. The Balaban J connectivity index is 4.62. The smallest absolute Gasteiger partial charge is 0.327 e. The third-order valence-electron chi connectivity index (χ3n) is 11.5. The van der Waals surface area contributed by atoms with Crippen molar-refractivity contribution in [2.75, 3.05) is 19.0 Å². The maximum Gasteiger partial charge on any atom is 0.327 e. The van der Waals surface area contributed by atoms with E-state index in [-0.39, 0.29) is 36.8 Å². The van der Waals surface area contributed by atoms with Gasteiger partial charge in [-0.15, -0.1) is 11.8 Å². The largest absolute Gasteiger partial charge is 0.480 e. The molecule has 0 bridgehead atoms. The molecule has 0 fully saturated rings. The molecule has 348 valence electrons. The van der Waals surface area contributed by atoms with Gasteiger partial charge in [-0.3, -0.25) is 14.4 Å². The summed E-state index contributed by atoms with van der Waals surface area (Å²) >= 11 is 1.27. The fourth-order valence-corrected chi connectivity index (χ4v) is 8.52. The van der Waals surface area contributed by atoms with Crippen molar-refractivity contribution < 1.29 is 33.8 Å². The zero-order valence-corrected chi connectivity index (χ0v) is 39.8. The van der Waals surface area contributed by atoms with Crippen molar-refractivity contribution in [1.82, 2.24) is 5.32 Å².